The Morgan fingerprint density at radius 3 is 2.39 bits per heavy atom. The van der Waals surface area contributed by atoms with Crippen LogP contribution in [0.25, 0.3) is 0 Å². The molecular formula is C13H13ClF5N3O. The third-order valence-corrected chi connectivity index (χ3v) is 3.95. The lowest BCUT2D eigenvalue weighted by Crippen LogP contribution is -2.60. The van der Waals surface area contributed by atoms with Crippen molar-refractivity contribution in [2.75, 3.05) is 6.61 Å². The van der Waals surface area contributed by atoms with Gasteiger partial charge in [0.25, 0.3) is 6.43 Å². The number of hydrogen-bond acceptors (Lipinski definition) is 4. The molecule has 1 aromatic heterocycles. The predicted octanol–water partition coefficient (Wildman–Crippen LogP) is 3.60. The fourth-order valence-corrected chi connectivity index (χ4v) is 2.46. The maximum Gasteiger partial charge on any atom is 0.424 e. The Morgan fingerprint density at radius 1 is 1.35 bits per heavy atom. The zero-order valence-corrected chi connectivity index (χ0v) is 12.8. The van der Waals surface area contributed by atoms with E-state index < -0.39 is 41.7 Å². The van der Waals surface area contributed by atoms with Crippen LogP contribution < -0.4 is 5.73 Å². The fraction of sp³-hybridized carbons (Fsp3) is 0.538. The number of nitrogens with two attached hydrogens (primary N) is 1. The number of nitrogens with zero attached hydrogens (tertiary/aromatic N) is 2. The molecule has 0 radical (unpaired) electrons. The van der Waals surface area contributed by atoms with Crippen molar-refractivity contribution < 1.29 is 26.7 Å². The van der Waals surface area contributed by atoms with Gasteiger partial charge in [-0.05, 0) is 19.9 Å². The monoisotopic (exact) mass is 357 g/mol. The molecule has 1 aromatic rings. The number of hydrogen-bond donors (Lipinski definition) is 1. The number of alkyl halides is 5. The van der Waals surface area contributed by atoms with Crippen molar-refractivity contribution in [3.05, 3.63) is 28.5 Å². The Bertz CT molecular complexity index is 651. The highest BCUT2D eigenvalue weighted by molar-refractivity contribution is 6.31. The van der Waals surface area contributed by atoms with Crippen LogP contribution in [0.15, 0.2) is 17.3 Å². The number of ether oxygens (including phenoxy) is 1. The van der Waals surface area contributed by atoms with Gasteiger partial charge in [0.1, 0.15) is 11.4 Å². The maximum absolute atomic E-state index is 13.0. The number of amidine groups is 1. The van der Waals surface area contributed by atoms with Crippen molar-refractivity contribution in [2.45, 2.75) is 37.6 Å². The Labute approximate surface area is 133 Å². The second-order valence-electron chi connectivity index (χ2n) is 5.49. The Hall–Kier alpha value is -1.48. The van der Waals surface area contributed by atoms with Crippen LogP contribution in [0.2, 0.25) is 5.02 Å². The van der Waals surface area contributed by atoms with E-state index in [1.54, 1.807) is 0 Å². The highest BCUT2D eigenvalue weighted by atomic mass is 35.5. The van der Waals surface area contributed by atoms with Crippen LogP contribution in [0.1, 0.15) is 31.5 Å². The second-order valence-corrected chi connectivity index (χ2v) is 5.90. The van der Waals surface area contributed by atoms with Gasteiger partial charge in [-0.3, -0.25) is 9.98 Å². The van der Waals surface area contributed by atoms with Crippen molar-refractivity contribution in [3.63, 3.8) is 0 Å². The molecule has 128 valence electrons. The molecule has 0 bridgehead atoms. The molecule has 2 heterocycles. The van der Waals surface area contributed by atoms with Crippen molar-refractivity contribution in [1.82, 2.24) is 4.98 Å². The van der Waals surface area contributed by atoms with E-state index in [0.29, 0.717) is 0 Å². The van der Waals surface area contributed by atoms with E-state index in [0.717, 1.165) is 19.2 Å². The molecule has 0 aromatic carbocycles. The maximum atomic E-state index is 13.0. The third kappa shape index (κ3) is 2.99. The summed E-state index contributed by atoms with van der Waals surface area (Å²) in [6.45, 7) is 1.66. The highest BCUT2D eigenvalue weighted by Gasteiger charge is 2.59. The number of aromatic nitrogens is 1. The molecule has 2 rings (SSSR count). The molecule has 0 saturated heterocycles. The van der Waals surface area contributed by atoms with Crippen LogP contribution in [0.3, 0.4) is 0 Å². The van der Waals surface area contributed by atoms with E-state index in [1.165, 1.54) is 6.92 Å². The summed E-state index contributed by atoms with van der Waals surface area (Å²) in [5.41, 5.74) is 0.928. The Kier molecular flexibility index (Phi) is 4.31. The van der Waals surface area contributed by atoms with E-state index in [9.17, 15) is 22.0 Å². The van der Waals surface area contributed by atoms with E-state index in [4.69, 9.17) is 22.1 Å². The molecule has 1 aliphatic heterocycles. The average molecular weight is 358 g/mol. The van der Waals surface area contributed by atoms with Crippen LogP contribution in [0.4, 0.5) is 22.0 Å². The van der Waals surface area contributed by atoms with Gasteiger partial charge in [-0.1, -0.05) is 11.6 Å². The molecule has 1 aliphatic rings. The first kappa shape index (κ1) is 17.9. The topological polar surface area (TPSA) is 60.5 Å². The molecule has 23 heavy (non-hydrogen) atoms. The van der Waals surface area contributed by atoms with Gasteiger partial charge >= 0.3 is 6.18 Å². The standard InChI is InChI=1S/C13H13ClF5N3O/c1-11(8-7(14)3-6(4-21-8)9(15)16)5-23-12(2,10(20)22-11)13(17,18)19/h3-4,9H,5H2,1-2H3,(H2,20,22). The van der Waals surface area contributed by atoms with E-state index in [-0.39, 0.29) is 10.7 Å². The van der Waals surface area contributed by atoms with Crippen LogP contribution in [-0.4, -0.2) is 29.2 Å². The molecule has 2 atom stereocenters. The van der Waals surface area contributed by atoms with Crippen LogP contribution in [-0.2, 0) is 10.3 Å². The minimum Gasteiger partial charge on any atom is -0.385 e. The zero-order chi connectivity index (χ0) is 17.6. The number of aliphatic imine (C=N–C) groups is 1. The zero-order valence-electron chi connectivity index (χ0n) is 12.1. The molecule has 0 amide bonds. The summed E-state index contributed by atoms with van der Waals surface area (Å²) in [5, 5.41) is -0.152. The molecule has 4 nitrogen and oxygen atoms in total. The summed E-state index contributed by atoms with van der Waals surface area (Å²) in [4.78, 5) is 7.66. The molecule has 10 heteroatoms. The lowest BCUT2D eigenvalue weighted by Gasteiger charge is -2.40. The van der Waals surface area contributed by atoms with Gasteiger partial charge in [-0.15, -0.1) is 0 Å². The summed E-state index contributed by atoms with van der Waals surface area (Å²) in [5.74, 6) is -0.783. The molecule has 0 fully saturated rings. The van der Waals surface area contributed by atoms with Gasteiger partial charge in [0.05, 0.1) is 17.3 Å². The minimum atomic E-state index is -4.75. The molecule has 2 N–H and O–H groups in total. The number of halogens is 6. The van der Waals surface area contributed by atoms with E-state index >= 15 is 0 Å². The average Bonchev–Trinajstić information content (AvgIpc) is 2.41. The van der Waals surface area contributed by atoms with Crippen molar-refractivity contribution >= 4 is 17.4 Å². The van der Waals surface area contributed by atoms with Crippen LogP contribution in [0, 0.1) is 0 Å². The first-order valence-electron chi connectivity index (χ1n) is 6.41. The molecule has 0 spiro atoms. The van der Waals surface area contributed by atoms with Gasteiger partial charge in [-0.25, -0.2) is 8.78 Å². The van der Waals surface area contributed by atoms with Gasteiger partial charge in [0, 0.05) is 11.8 Å². The minimum absolute atomic E-state index is 0.00995. The van der Waals surface area contributed by atoms with Gasteiger partial charge in [0.15, 0.2) is 0 Å². The van der Waals surface area contributed by atoms with E-state index in [1.807, 2.05) is 0 Å². The van der Waals surface area contributed by atoms with Crippen molar-refractivity contribution in [2.24, 2.45) is 10.7 Å². The molecule has 0 aliphatic carbocycles. The third-order valence-electron chi connectivity index (χ3n) is 3.66. The van der Waals surface area contributed by atoms with Gasteiger partial charge in [0.2, 0.25) is 5.60 Å². The normalized spacial score (nSPS) is 28.8. The molecule has 0 saturated carbocycles. The lowest BCUT2D eigenvalue weighted by molar-refractivity contribution is -0.249. The summed E-state index contributed by atoms with van der Waals surface area (Å²) in [6, 6.07) is 0.989. The second kappa shape index (κ2) is 5.55. The summed E-state index contributed by atoms with van der Waals surface area (Å²) in [7, 11) is 0. The van der Waals surface area contributed by atoms with Crippen LogP contribution in [0.5, 0.6) is 0 Å². The largest absolute Gasteiger partial charge is 0.424 e. The SMILES string of the molecule is CC1(c2ncc(C(F)F)cc2Cl)COC(C)(C(F)(F)F)C(N)=N1. The number of rotatable bonds is 2. The Balaban J connectivity index is 2.46. The van der Waals surface area contributed by atoms with Crippen molar-refractivity contribution in [3.8, 4) is 0 Å². The summed E-state index contributed by atoms with van der Waals surface area (Å²) < 4.78 is 69.3. The first-order chi connectivity index (χ1) is 10.4. The Morgan fingerprint density at radius 2 is 1.96 bits per heavy atom. The summed E-state index contributed by atoms with van der Waals surface area (Å²) in [6.07, 6.45) is -6.63. The smallest absolute Gasteiger partial charge is 0.385 e. The highest BCUT2D eigenvalue weighted by Crippen LogP contribution is 2.41. The number of pyridine rings is 1. The molecular weight excluding hydrogens is 345 g/mol. The predicted molar refractivity (Wildman–Crippen MR) is 73.6 cm³/mol. The van der Waals surface area contributed by atoms with Crippen molar-refractivity contribution in [1.29, 1.82) is 0 Å². The quantitative estimate of drug-likeness (QED) is 0.823. The van der Waals surface area contributed by atoms with Gasteiger partial charge in [-0.2, -0.15) is 13.2 Å². The summed E-state index contributed by atoms with van der Waals surface area (Å²) >= 11 is 5.92. The lowest BCUT2D eigenvalue weighted by atomic mass is 9.93. The van der Waals surface area contributed by atoms with Gasteiger partial charge < -0.3 is 10.5 Å². The molecule has 2 unspecified atom stereocenters. The van der Waals surface area contributed by atoms with Crippen LogP contribution >= 0.6 is 11.6 Å². The first-order valence-corrected chi connectivity index (χ1v) is 6.79. The fourth-order valence-electron chi connectivity index (χ4n) is 2.08. The van der Waals surface area contributed by atoms with E-state index in [2.05, 4.69) is 9.98 Å².